The molecule has 0 radical (unpaired) electrons. The Morgan fingerprint density at radius 1 is 1.09 bits per heavy atom. The molecule has 23 heavy (non-hydrogen) atoms. The molecule has 2 N–H and O–H groups in total. The summed E-state index contributed by atoms with van der Waals surface area (Å²) in [5, 5.41) is 14.2. The number of hydrogen-bond donors (Lipinski definition) is 2. The second-order valence-electron chi connectivity index (χ2n) is 8.13. The van der Waals surface area contributed by atoms with Gasteiger partial charge in [0.15, 0.2) is 0 Å². The molecule has 0 aliphatic rings. The van der Waals surface area contributed by atoms with Crippen molar-refractivity contribution in [3.05, 3.63) is 47.8 Å². The lowest BCUT2D eigenvalue weighted by molar-refractivity contribution is 0.411. The first kappa shape index (κ1) is 17.5. The molecule has 2 rings (SSSR count). The van der Waals surface area contributed by atoms with Gasteiger partial charge in [0, 0.05) is 41.2 Å². The summed E-state index contributed by atoms with van der Waals surface area (Å²) in [6.07, 6.45) is 3.54. The zero-order valence-electron chi connectivity index (χ0n) is 15.1. The molecule has 0 saturated carbocycles. The van der Waals surface area contributed by atoms with Crippen LogP contribution in [-0.4, -0.2) is 15.6 Å². The Hall–Kier alpha value is -1.87. The molecule has 3 heteroatoms. The topological polar surface area (TPSA) is 45.2 Å². The normalized spacial score (nSPS) is 12.4. The van der Waals surface area contributed by atoms with Crippen molar-refractivity contribution in [2.75, 3.05) is 0 Å². The Bertz CT molecular complexity index is 665. The van der Waals surface area contributed by atoms with Gasteiger partial charge in [-0.05, 0) is 43.9 Å². The molecule has 0 spiro atoms. The van der Waals surface area contributed by atoms with E-state index >= 15 is 0 Å². The van der Waals surface area contributed by atoms with Crippen LogP contribution in [0.2, 0.25) is 0 Å². The molecule has 3 nitrogen and oxygen atoms in total. The van der Waals surface area contributed by atoms with E-state index in [2.05, 4.69) is 64.0 Å². The van der Waals surface area contributed by atoms with Crippen molar-refractivity contribution in [3.8, 4) is 16.9 Å². The van der Waals surface area contributed by atoms with E-state index in [0.717, 1.165) is 16.7 Å². The summed E-state index contributed by atoms with van der Waals surface area (Å²) in [5.41, 5.74) is 3.93. The van der Waals surface area contributed by atoms with E-state index in [0.29, 0.717) is 12.3 Å². The van der Waals surface area contributed by atoms with Gasteiger partial charge >= 0.3 is 0 Å². The lowest BCUT2D eigenvalue weighted by atomic mass is 9.83. The molecule has 1 heterocycles. The second kappa shape index (κ2) is 6.32. The monoisotopic (exact) mass is 312 g/mol. The van der Waals surface area contributed by atoms with Crippen LogP contribution in [0.4, 0.5) is 0 Å². The van der Waals surface area contributed by atoms with Gasteiger partial charge in [-0.3, -0.25) is 4.98 Å². The maximum absolute atomic E-state index is 10.8. The molecule has 2 aromatic rings. The standard InChI is InChI=1S/C20H28N2O/c1-19(2,3)16-10-15(13-22-20(4,5)6)18(23)17(11-16)14-8-7-9-21-12-14/h7-12,22-23H,13H2,1-6H3. The van der Waals surface area contributed by atoms with E-state index < -0.39 is 0 Å². The van der Waals surface area contributed by atoms with Gasteiger partial charge in [0.2, 0.25) is 0 Å². The fraction of sp³-hybridized carbons (Fsp3) is 0.450. The van der Waals surface area contributed by atoms with Crippen LogP contribution in [0.1, 0.15) is 52.7 Å². The van der Waals surface area contributed by atoms with Crippen molar-refractivity contribution >= 4 is 0 Å². The summed E-state index contributed by atoms with van der Waals surface area (Å²) >= 11 is 0. The fourth-order valence-electron chi connectivity index (χ4n) is 2.36. The summed E-state index contributed by atoms with van der Waals surface area (Å²) < 4.78 is 0. The van der Waals surface area contributed by atoms with Crippen molar-refractivity contribution in [2.45, 2.75) is 59.0 Å². The van der Waals surface area contributed by atoms with Gasteiger partial charge in [-0.15, -0.1) is 0 Å². The largest absolute Gasteiger partial charge is 0.507 e. The van der Waals surface area contributed by atoms with Crippen molar-refractivity contribution in [2.24, 2.45) is 0 Å². The quantitative estimate of drug-likeness (QED) is 0.868. The first-order valence-corrected chi connectivity index (χ1v) is 8.10. The average molecular weight is 312 g/mol. The van der Waals surface area contributed by atoms with Crippen LogP contribution in [0.3, 0.4) is 0 Å². The second-order valence-corrected chi connectivity index (χ2v) is 8.13. The predicted octanol–water partition coefficient (Wildman–Crippen LogP) is 4.64. The fourth-order valence-corrected chi connectivity index (χ4v) is 2.36. The lowest BCUT2D eigenvalue weighted by Gasteiger charge is -2.25. The summed E-state index contributed by atoms with van der Waals surface area (Å²) in [7, 11) is 0. The van der Waals surface area contributed by atoms with Crippen LogP contribution in [0.5, 0.6) is 5.75 Å². The van der Waals surface area contributed by atoms with Gasteiger partial charge in [0.1, 0.15) is 5.75 Å². The van der Waals surface area contributed by atoms with E-state index in [1.165, 1.54) is 5.56 Å². The highest BCUT2D eigenvalue weighted by Gasteiger charge is 2.20. The molecule has 0 aliphatic carbocycles. The van der Waals surface area contributed by atoms with Crippen LogP contribution in [0, 0.1) is 0 Å². The van der Waals surface area contributed by atoms with Crippen LogP contribution < -0.4 is 5.32 Å². The molecule has 0 fully saturated rings. The number of rotatable bonds is 3. The average Bonchev–Trinajstić information content (AvgIpc) is 2.45. The van der Waals surface area contributed by atoms with Gasteiger partial charge in [0.05, 0.1) is 0 Å². The van der Waals surface area contributed by atoms with Crippen molar-refractivity contribution < 1.29 is 5.11 Å². The van der Waals surface area contributed by atoms with Gasteiger partial charge in [-0.1, -0.05) is 32.9 Å². The Balaban J connectivity index is 2.53. The number of benzene rings is 1. The van der Waals surface area contributed by atoms with Crippen LogP contribution in [-0.2, 0) is 12.0 Å². The predicted molar refractivity (Wildman–Crippen MR) is 96.6 cm³/mol. The Morgan fingerprint density at radius 3 is 2.30 bits per heavy atom. The van der Waals surface area contributed by atoms with Crippen molar-refractivity contribution in [1.29, 1.82) is 0 Å². The summed E-state index contributed by atoms with van der Waals surface area (Å²) in [4.78, 5) is 4.18. The van der Waals surface area contributed by atoms with Crippen LogP contribution in [0.25, 0.3) is 11.1 Å². The molecule has 0 aliphatic heterocycles. The van der Waals surface area contributed by atoms with E-state index in [1.54, 1.807) is 12.4 Å². The van der Waals surface area contributed by atoms with Crippen molar-refractivity contribution in [1.82, 2.24) is 10.3 Å². The number of aromatic nitrogens is 1. The zero-order valence-corrected chi connectivity index (χ0v) is 15.1. The van der Waals surface area contributed by atoms with Crippen molar-refractivity contribution in [3.63, 3.8) is 0 Å². The molecular weight excluding hydrogens is 284 g/mol. The highest BCUT2D eigenvalue weighted by atomic mass is 16.3. The highest BCUT2D eigenvalue weighted by molar-refractivity contribution is 5.72. The Labute approximate surface area is 139 Å². The summed E-state index contributed by atoms with van der Waals surface area (Å²) in [6.45, 7) is 13.6. The third-order valence-corrected chi connectivity index (χ3v) is 3.84. The number of phenols is 1. The van der Waals surface area contributed by atoms with Crippen LogP contribution in [0.15, 0.2) is 36.7 Å². The number of hydrogen-bond acceptors (Lipinski definition) is 3. The maximum Gasteiger partial charge on any atom is 0.127 e. The number of pyridine rings is 1. The summed E-state index contributed by atoms with van der Waals surface area (Å²) in [6, 6.07) is 8.06. The minimum atomic E-state index is -0.00135. The molecule has 0 bridgehead atoms. The first-order chi connectivity index (χ1) is 10.6. The highest BCUT2D eigenvalue weighted by Crippen LogP contribution is 2.37. The number of nitrogens with zero attached hydrogens (tertiary/aromatic N) is 1. The molecule has 0 atom stereocenters. The van der Waals surface area contributed by atoms with Gasteiger partial charge in [0.25, 0.3) is 0 Å². The molecule has 0 unspecified atom stereocenters. The first-order valence-electron chi connectivity index (χ1n) is 8.10. The summed E-state index contributed by atoms with van der Waals surface area (Å²) in [5.74, 6) is 0.336. The Kier molecular flexibility index (Phi) is 4.81. The minimum absolute atomic E-state index is 0.00135. The van der Waals surface area contributed by atoms with Gasteiger partial charge in [-0.25, -0.2) is 0 Å². The number of nitrogens with one attached hydrogen (secondary N) is 1. The molecular formula is C20H28N2O. The number of phenolic OH excluding ortho intramolecular Hbond substituents is 1. The number of aromatic hydroxyl groups is 1. The van der Waals surface area contributed by atoms with Crippen LogP contribution >= 0.6 is 0 Å². The Morgan fingerprint density at radius 2 is 1.78 bits per heavy atom. The van der Waals surface area contributed by atoms with Gasteiger partial charge < -0.3 is 10.4 Å². The van der Waals surface area contributed by atoms with E-state index in [1.807, 2.05) is 12.1 Å². The van der Waals surface area contributed by atoms with E-state index in [-0.39, 0.29) is 11.0 Å². The smallest absolute Gasteiger partial charge is 0.127 e. The third-order valence-electron chi connectivity index (χ3n) is 3.84. The molecule has 0 saturated heterocycles. The van der Waals surface area contributed by atoms with E-state index in [4.69, 9.17) is 0 Å². The molecule has 1 aromatic heterocycles. The zero-order chi connectivity index (χ0) is 17.3. The lowest BCUT2D eigenvalue weighted by Crippen LogP contribution is -2.35. The molecule has 124 valence electrons. The minimum Gasteiger partial charge on any atom is -0.507 e. The SMILES string of the molecule is CC(C)(C)NCc1cc(C(C)(C)C)cc(-c2cccnc2)c1O. The van der Waals surface area contributed by atoms with Gasteiger partial charge in [-0.2, -0.15) is 0 Å². The molecule has 0 amide bonds. The third kappa shape index (κ3) is 4.55. The maximum atomic E-state index is 10.8. The van der Waals surface area contributed by atoms with E-state index in [9.17, 15) is 5.11 Å². The molecule has 1 aromatic carbocycles.